The van der Waals surface area contributed by atoms with Gasteiger partial charge in [0.15, 0.2) is 5.82 Å². The molecule has 196 valence electrons. The van der Waals surface area contributed by atoms with Gasteiger partial charge in [-0.2, -0.15) is 0 Å². The molecule has 4 heteroatoms. The van der Waals surface area contributed by atoms with Crippen LogP contribution < -0.4 is 5.32 Å². The summed E-state index contributed by atoms with van der Waals surface area (Å²) in [6, 6.07) is 23.2. The van der Waals surface area contributed by atoms with Gasteiger partial charge in [-0.25, -0.2) is 9.97 Å². The van der Waals surface area contributed by atoms with Gasteiger partial charge in [0.1, 0.15) is 0 Å². The molecule has 0 saturated heterocycles. The lowest BCUT2D eigenvalue weighted by Crippen LogP contribution is -2.47. The van der Waals surface area contributed by atoms with Crippen LogP contribution in [0.3, 0.4) is 0 Å². The van der Waals surface area contributed by atoms with E-state index in [1.54, 1.807) is 0 Å². The van der Waals surface area contributed by atoms with Gasteiger partial charge >= 0.3 is 0 Å². The molecule has 0 aliphatic heterocycles. The van der Waals surface area contributed by atoms with Crippen molar-refractivity contribution in [3.63, 3.8) is 0 Å². The Labute approximate surface area is 230 Å². The smallest absolute Gasteiger partial charge is 0.229 e. The number of rotatable bonds is 5. The third-order valence-electron chi connectivity index (χ3n) is 10.1. The van der Waals surface area contributed by atoms with Crippen LogP contribution in [0.1, 0.15) is 61.0 Å². The predicted octanol–water partition coefficient (Wildman–Crippen LogP) is 7.34. The first-order chi connectivity index (χ1) is 19.1. The molecule has 0 radical (unpaired) electrons. The molecule has 1 heterocycles. The van der Waals surface area contributed by atoms with Gasteiger partial charge in [0, 0.05) is 5.56 Å². The highest BCUT2D eigenvalue weighted by molar-refractivity contribution is 5.93. The summed E-state index contributed by atoms with van der Waals surface area (Å²) in [5.41, 5.74) is 6.96. The maximum Gasteiger partial charge on any atom is 0.229 e. The lowest BCUT2D eigenvalue weighted by Gasteiger charge is -2.57. The molecule has 4 nitrogen and oxygen atoms in total. The average molecular weight is 514 g/mol. The van der Waals surface area contributed by atoms with Crippen molar-refractivity contribution in [2.24, 2.45) is 23.2 Å². The molecule has 0 spiro atoms. The SMILES string of the molecule is O=C(Cc1ccc2ccccc2c1)Nc1nc2c(nc1CC13CC4CC(CC(C4)C1)C3)-c1ccccc1CC2. The van der Waals surface area contributed by atoms with Crippen LogP contribution in [0, 0.1) is 23.2 Å². The van der Waals surface area contributed by atoms with E-state index in [4.69, 9.17) is 9.97 Å². The summed E-state index contributed by atoms with van der Waals surface area (Å²) in [4.78, 5) is 23.9. The molecule has 1 N–H and O–H groups in total. The lowest BCUT2D eigenvalue weighted by molar-refractivity contribution is -0.115. The van der Waals surface area contributed by atoms with Gasteiger partial charge in [0.2, 0.25) is 5.91 Å². The molecule has 4 fully saturated rings. The maximum atomic E-state index is 13.4. The van der Waals surface area contributed by atoms with Crippen LogP contribution in [0.25, 0.3) is 22.0 Å². The van der Waals surface area contributed by atoms with Gasteiger partial charge in [-0.15, -0.1) is 0 Å². The van der Waals surface area contributed by atoms with E-state index in [1.165, 1.54) is 55.0 Å². The summed E-state index contributed by atoms with van der Waals surface area (Å²) in [6.45, 7) is 0. The second-order valence-electron chi connectivity index (χ2n) is 13.0. The zero-order chi connectivity index (χ0) is 26.0. The normalized spacial score (nSPS) is 26.3. The van der Waals surface area contributed by atoms with Crippen LogP contribution in [-0.2, 0) is 30.5 Å². The summed E-state index contributed by atoms with van der Waals surface area (Å²) >= 11 is 0. The number of nitrogens with one attached hydrogen (secondary N) is 1. The zero-order valence-electron chi connectivity index (χ0n) is 22.5. The van der Waals surface area contributed by atoms with Crippen molar-refractivity contribution >= 4 is 22.5 Å². The van der Waals surface area contributed by atoms with E-state index in [0.717, 1.165) is 65.0 Å². The molecule has 39 heavy (non-hydrogen) atoms. The highest BCUT2D eigenvalue weighted by Gasteiger charge is 2.51. The maximum absolute atomic E-state index is 13.4. The van der Waals surface area contributed by atoms with Gasteiger partial charge < -0.3 is 5.32 Å². The standard InChI is InChI=1S/C35H35N3O/c39-32(17-22-9-10-26-5-1-2-7-28(26)16-22)38-34-31(21-35-18-23-13-24(19-35)15-25(14-23)20-35)36-33-29-8-4-3-6-27(29)11-12-30(33)37-34/h1-10,16,23-25H,11-15,17-21H2,(H,37,38,39). The summed E-state index contributed by atoms with van der Waals surface area (Å²) in [6.07, 6.45) is 11.3. The Hall–Kier alpha value is -3.53. The highest BCUT2D eigenvalue weighted by Crippen LogP contribution is 2.61. The first-order valence-electron chi connectivity index (χ1n) is 14.8. The third-order valence-corrected chi connectivity index (χ3v) is 10.1. The van der Waals surface area contributed by atoms with Crippen molar-refractivity contribution in [3.8, 4) is 11.3 Å². The molecule has 5 aliphatic rings. The van der Waals surface area contributed by atoms with E-state index >= 15 is 0 Å². The van der Waals surface area contributed by atoms with Crippen molar-refractivity contribution in [2.75, 3.05) is 5.32 Å². The van der Waals surface area contributed by atoms with Gasteiger partial charge in [0.05, 0.1) is 23.5 Å². The molecule has 3 aromatic carbocycles. The number of amides is 1. The Bertz CT molecular complexity index is 1570. The molecule has 0 unspecified atom stereocenters. The molecule has 4 bridgehead atoms. The number of carbonyl (C=O) groups is 1. The minimum atomic E-state index is -0.0116. The monoisotopic (exact) mass is 513 g/mol. The average Bonchev–Trinajstić information content (AvgIpc) is 2.92. The number of anilines is 1. The Kier molecular flexibility index (Phi) is 5.40. The molecule has 9 rings (SSSR count). The molecule has 1 aromatic heterocycles. The minimum absolute atomic E-state index is 0.0116. The van der Waals surface area contributed by atoms with E-state index in [1.807, 2.05) is 12.1 Å². The number of benzene rings is 3. The fourth-order valence-electron chi connectivity index (χ4n) is 8.91. The number of hydrogen-bond acceptors (Lipinski definition) is 3. The Morgan fingerprint density at radius 2 is 1.54 bits per heavy atom. The van der Waals surface area contributed by atoms with Crippen LogP contribution in [0.2, 0.25) is 0 Å². The van der Waals surface area contributed by atoms with E-state index in [0.29, 0.717) is 17.7 Å². The Morgan fingerprint density at radius 3 is 2.33 bits per heavy atom. The number of fused-ring (bicyclic) bond motifs is 4. The van der Waals surface area contributed by atoms with Crippen molar-refractivity contribution in [2.45, 2.75) is 64.2 Å². The van der Waals surface area contributed by atoms with Crippen molar-refractivity contribution in [3.05, 3.63) is 89.2 Å². The van der Waals surface area contributed by atoms with E-state index < -0.39 is 0 Å². The predicted molar refractivity (Wildman–Crippen MR) is 155 cm³/mol. The molecule has 4 saturated carbocycles. The van der Waals surface area contributed by atoms with Crippen molar-refractivity contribution in [1.82, 2.24) is 9.97 Å². The number of aromatic nitrogens is 2. The molecular weight excluding hydrogens is 478 g/mol. The van der Waals surface area contributed by atoms with E-state index in [-0.39, 0.29) is 5.91 Å². The van der Waals surface area contributed by atoms with Crippen LogP contribution >= 0.6 is 0 Å². The summed E-state index contributed by atoms with van der Waals surface area (Å²) in [5.74, 6) is 3.34. The summed E-state index contributed by atoms with van der Waals surface area (Å²) in [5, 5.41) is 5.61. The van der Waals surface area contributed by atoms with Crippen LogP contribution in [0.5, 0.6) is 0 Å². The minimum Gasteiger partial charge on any atom is -0.309 e. The van der Waals surface area contributed by atoms with Gasteiger partial charge in [0.25, 0.3) is 0 Å². The van der Waals surface area contributed by atoms with Crippen LogP contribution in [0.4, 0.5) is 5.82 Å². The lowest BCUT2D eigenvalue weighted by atomic mass is 9.48. The van der Waals surface area contributed by atoms with E-state index in [9.17, 15) is 4.79 Å². The second-order valence-corrected chi connectivity index (χ2v) is 13.0. The van der Waals surface area contributed by atoms with Crippen molar-refractivity contribution < 1.29 is 4.79 Å². The van der Waals surface area contributed by atoms with Crippen LogP contribution in [-0.4, -0.2) is 15.9 Å². The summed E-state index contributed by atoms with van der Waals surface area (Å²) in [7, 11) is 0. The molecular formula is C35H35N3O. The second kappa shape index (κ2) is 9.01. The number of carbonyl (C=O) groups excluding carboxylic acids is 1. The number of nitrogens with zero attached hydrogens (tertiary/aromatic N) is 2. The first-order valence-corrected chi connectivity index (χ1v) is 14.8. The molecule has 5 aliphatic carbocycles. The Morgan fingerprint density at radius 1 is 0.821 bits per heavy atom. The van der Waals surface area contributed by atoms with Gasteiger partial charge in [-0.3, -0.25) is 4.79 Å². The van der Waals surface area contributed by atoms with Crippen molar-refractivity contribution in [1.29, 1.82) is 0 Å². The quantitative estimate of drug-likeness (QED) is 0.304. The zero-order valence-corrected chi connectivity index (χ0v) is 22.5. The topological polar surface area (TPSA) is 54.9 Å². The third kappa shape index (κ3) is 4.25. The first kappa shape index (κ1) is 23.4. The highest BCUT2D eigenvalue weighted by atomic mass is 16.1. The Balaban J connectivity index is 1.13. The fraction of sp³-hybridized carbons (Fsp3) is 0.400. The largest absolute Gasteiger partial charge is 0.309 e. The number of hydrogen-bond donors (Lipinski definition) is 1. The van der Waals surface area contributed by atoms with Gasteiger partial charge in [-0.05, 0) is 103 Å². The van der Waals surface area contributed by atoms with E-state index in [2.05, 4.69) is 59.9 Å². The molecule has 1 amide bonds. The number of aryl methyl sites for hydroxylation is 2. The summed E-state index contributed by atoms with van der Waals surface area (Å²) < 4.78 is 0. The fourth-order valence-corrected chi connectivity index (χ4v) is 8.91. The van der Waals surface area contributed by atoms with Gasteiger partial charge in [-0.1, -0.05) is 66.7 Å². The molecule has 0 atom stereocenters. The van der Waals surface area contributed by atoms with Crippen LogP contribution in [0.15, 0.2) is 66.7 Å². The molecule has 4 aromatic rings.